The van der Waals surface area contributed by atoms with Crippen LogP contribution in [-0.2, 0) is 0 Å². The Morgan fingerprint density at radius 1 is 1.42 bits per heavy atom. The van der Waals surface area contributed by atoms with Gasteiger partial charge in [0.2, 0.25) is 0 Å². The number of hydrogen-bond donors (Lipinski definition) is 1. The summed E-state index contributed by atoms with van der Waals surface area (Å²) < 4.78 is 1.39. The Bertz CT molecular complexity index is 967. The van der Waals surface area contributed by atoms with Gasteiger partial charge in [-0.1, -0.05) is 29.8 Å². The van der Waals surface area contributed by atoms with Crippen LogP contribution in [0.4, 0.5) is 0 Å². The topological polar surface area (TPSA) is 74.9 Å². The van der Waals surface area contributed by atoms with E-state index in [4.69, 9.17) is 16.7 Å². The molecule has 1 N–H and O–H groups in total. The number of fused-ring (bicyclic) bond motifs is 1. The molecule has 0 atom stereocenters. The first-order chi connectivity index (χ1) is 11.5. The summed E-state index contributed by atoms with van der Waals surface area (Å²) >= 11 is 7.53. The highest BCUT2D eigenvalue weighted by Gasteiger charge is 2.20. The van der Waals surface area contributed by atoms with E-state index < -0.39 is 11.5 Å². The molecule has 124 valence electrons. The maximum absolute atomic E-state index is 12.8. The monoisotopic (exact) mass is 363 g/mol. The van der Waals surface area contributed by atoms with Crippen molar-refractivity contribution in [2.75, 3.05) is 20.2 Å². The SMILES string of the molecule is CN(CCO)C(=O)c1cnc2scc(-c3ccccc3Cl)n2c1=O. The molecular weight excluding hydrogens is 350 g/mol. The van der Waals surface area contributed by atoms with Crippen LogP contribution in [0.5, 0.6) is 0 Å². The van der Waals surface area contributed by atoms with Gasteiger partial charge in [0.25, 0.3) is 11.5 Å². The summed E-state index contributed by atoms with van der Waals surface area (Å²) in [6.45, 7) is -0.0371. The van der Waals surface area contributed by atoms with Crippen LogP contribution in [0.25, 0.3) is 16.2 Å². The van der Waals surface area contributed by atoms with Gasteiger partial charge in [0.15, 0.2) is 4.96 Å². The van der Waals surface area contributed by atoms with E-state index in [2.05, 4.69) is 4.98 Å². The molecule has 0 saturated heterocycles. The van der Waals surface area contributed by atoms with Crippen molar-refractivity contribution in [2.24, 2.45) is 0 Å². The third kappa shape index (κ3) is 2.82. The van der Waals surface area contributed by atoms with Crippen LogP contribution >= 0.6 is 22.9 Å². The third-order valence-corrected chi connectivity index (χ3v) is 4.78. The molecule has 1 amide bonds. The number of hydrogen-bond acceptors (Lipinski definition) is 5. The van der Waals surface area contributed by atoms with Gasteiger partial charge >= 0.3 is 0 Å². The quantitative estimate of drug-likeness (QED) is 0.770. The van der Waals surface area contributed by atoms with Crippen molar-refractivity contribution in [3.8, 4) is 11.3 Å². The summed E-state index contributed by atoms with van der Waals surface area (Å²) in [7, 11) is 1.52. The molecule has 0 spiro atoms. The zero-order valence-electron chi connectivity index (χ0n) is 12.8. The van der Waals surface area contributed by atoms with Crippen molar-refractivity contribution >= 4 is 33.8 Å². The Hall–Kier alpha value is -2.22. The first-order valence-electron chi connectivity index (χ1n) is 7.15. The molecule has 0 unspecified atom stereocenters. The van der Waals surface area contributed by atoms with Crippen LogP contribution in [-0.4, -0.2) is 45.5 Å². The Morgan fingerprint density at radius 2 is 2.17 bits per heavy atom. The second-order valence-corrected chi connectivity index (χ2v) is 6.39. The molecule has 0 radical (unpaired) electrons. The molecule has 24 heavy (non-hydrogen) atoms. The summed E-state index contributed by atoms with van der Waals surface area (Å²) in [6, 6.07) is 7.18. The summed E-state index contributed by atoms with van der Waals surface area (Å²) in [5.41, 5.74) is 0.793. The summed E-state index contributed by atoms with van der Waals surface area (Å²) in [5, 5.41) is 11.3. The number of likely N-dealkylation sites (N-methyl/N-ethyl adjacent to an activating group) is 1. The van der Waals surface area contributed by atoms with Crippen molar-refractivity contribution in [3.63, 3.8) is 0 Å². The standard InChI is InChI=1S/C16H14ClN3O3S/c1-19(6-7-21)14(22)11-8-18-16-20(15(11)23)13(9-24-16)10-4-2-3-5-12(10)17/h2-5,8-9,21H,6-7H2,1H3. The number of aromatic nitrogens is 2. The van der Waals surface area contributed by atoms with E-state index in [0.29, 0.717) is 21.2 Å². The fourth-order valence-electron chi connectivity index (χ4n) is 2.35. The third-order valence-electron chi connectivity index (χ3n) is 3.61. The smallest absolute Gasteiger partial charge is 0.271 e. The second kappa shape index (κ2) is 6.72. The van der Waals surface area contributed by atoms with E-state index in [9.17, 15) is 9.59 Å². The molecule has 2 aromatic heterocycles. The molecule has 0 bridgehead atoms. The van der Waals surface area contributed by atoms with Gasteiger partial charge in [0.1, 0.15) is 5.56 Å². The Balaban J connectivity index is 2.19. The van der Waals surface area contributed by atoms with Gasteiger partial charge in [-0.15, -0.1) is 11.3 Å². The number of benzene rings is 1. The minimum absolute atomic E-state index is 0.0462. The van der Waals surface area contributed by atoms with Gasteiger partial charge in [0, 0.05) is 35.8 Å². The number of amides is 1. The van der Waals surface area contributed by atoms with E-state index in [1.807, 2.05) is 12.1 Å². The van der Waals surface area contributed by atoms with Gasteiger partial charge in [-0.05, 0) is 6.07 Å². The normalized spacial score (nSPS) is 11.0. The molecule has 0 fully saturated rings. The Morgan fingerprint density at radius 3 is 2.88 bits per heavy atom. The summed E-state index contributed by atoms with van der Waals surface area (Å²) in [4.78, 5) is 31.2. The van der Waals surface area contributed by atoms with Crippen molar-refractivity contribution in [3.05, 3.63) is 56.8 Å². The molecule has 3 rings (SSSR count). The van der Waals surface area contributed by atoms with Crippen molar-refractivity contribution in [2.45, 2.75) is 0 Å². The minimum Gasteiger partial charge on any atom is -0.395 e. The lowest BCUT2D eigenvalue weighted by Gasteiger charge is -2.15. The van der Waals surface area contributed by atoms with Crippen LogP contribution in [0.1, 0.15) is 10.4 Å². The van der Waals surface area contributed by atoms with Crippen LogP contribution in [0.2, 0.25) is 5.02 Å². The Kier molecular flexibility index (Phi) is 4.66. The van der Waals surface area contributed by atoms with Gasteiger partial charge in [-0.2, -0.15) is 0 Å². The molecule has 0 aliphatic heterocycles. The van der Waals surface area contributed by atoms with Crippen LogP contribution in [0, 0.1) is 0 Å². The van der Waals surface area contributed by atoms with Gasteiger partial charge in [0.05, 0.1) is 12.3 Å². The average molecular weight is 364 g/mol. The molecule has 6 nitrogen and oxygen atoms in total. The number of carbonyl (C=O) groups excluding carboxylic acids is 1. The highest BCUT2D eigenvalue weighted by Crippen LogP contribution is 2.29. The fourth-order valence-corrected chi connectivity index (χ4v) is 3.44. The van der Waals surface area contributed by atoms with Gasteiger partial charge < -0.3 is 10.0 Å². The van der Waals surface area contributed by atoms with E-state index in [1.165, 1.54) is 33.9 Å². The average Bonchev–Trinajstić information content (AvgIpc) is 3.00. The predicted octanol–water partition coefficient (Wildman–Crippen LogP) is 2.14. The largest absolute Gasteiger partial charge is 0.395 e. The number of rotatable bonds is 4. The van der Waals surface area contributed by atoms with E-state index in [-0.39, 0.29) is 18.7 Å². The minimum atomic E-state index is -0.479. The van der Waals surface area contributed by atoms with Crippen molar-refractivity contribution in [1.29, 1.82) is 0 Å². The number of aliphatic hydroxyl groups is 1. The number of thiazole rings is 1. The lowest BCUT2D eigenvalue weighted by Crippen LogP contribution is -2.34. The summed E-state index contributed by atoms with van der Waals surface area (Å²) in [5.74, 6) is -0.479. The Labute approximate surface area is 146 Å². The lowest BCUT2D eigenvalue weighted by molar-refractivity contribution is 0.0764. The van der Waals surface area contributed by atoms with Gasteiger partial charge in [-0.3, -0.25) is 14.0 Å². The number of halogens is 1. The highest BCUT2D eigenvalue weighted by atomic mass is 35.5. The number of carbonyl (C=O) groups is 1. The maximum atomic E-state index is 12.8. The van der Waals surface area contributed by atoms with Crippen molar-refractivity contribution < 1.29 is 9.90 Å². The van der Waals surface area contributed by atoms with Crippen LogP contribution < -0.4 is 5.56 Å². The molecule has 1 aromatic carbocycles. The second-order valence-electron chi connectivity index (χ2n) is 5.15. The molecule has 2 heterocycles. The van der Waals surface area contributed by atoms with Crippen molar-refractivity contribution in [1.82, 2.24) is 14.3 Å². The number of aliphatic hydroxyl groups excluding tert-OH is 1. The van der Waals surface area contributed by atoms with Gasteiger partial charge in [-0.25, -0.2) is 4.98 Å². The molecule has 0 saturated carbocycles. The first-order valence-corrected chi connectivity index (χ1v) is 8.41. The zero-order valence-corrected chi connectivity index (χ0v) is 14.3. The lowest BCUT2D eigenvalue weighted by atomic mass is 10.2. The van der Waals surface area contributed by atoms with Crippen LogP contribution in [0.15, 0.2) is 40.6 Å². The number of nitrogens with zero attached hydrogens (tertiary/aromatic N) is 3. The van der Waals surface area contributed by atoms with Crippen LogP contribution in [0.3, 0.4) is 0 Å². The molecular formula is C16H14ClN3O3S. The van der Waals surface area contributed by atoms with E-state index in [0.717, 1.165) is 0 Å². The molecule has 8 heteroatoms. The predicted molar refractivity (Wildman–Crippen MR) is 93.8 cm³/mol. The maximum Gasteiger partial charge on any atom is 0.271 e. The van der Waals surface area contributed by atoms with E-state index in [1.54, 1.807) is 17.5 Å². The fraction of sp³-hybridized carbons (Fsp3) is 0.188. The molecule has 3 aromatic rings. The zero-order chi connectivity index (χ0) is 17.3. The highest BCUT2D eigenvalue weighted by molar-refractivity contribution is 7.15. The molecule has 0 aliphatic carbocycles. The molecule has 0 aliphatic rings. The first kappa shape index (κ1) is 16.6. The summed E-state index contributed by atoms with van der Waals surface area (Å²) in [6.07, 6.45) is 1.28. The van der Waals surface area contributed by atoms with E-state index >= 15 is 0 Å².